The molecule has 0 aromatic heterocycles. The maximum Gasteiger partial charge on any atom is 0.307 e. The molecular weight excluding hydrogens is 230 g/mol. The Morgan fingerprint density at radius 3 is 2.39 bits per heavy atom. The lowest BCUT2D eigenvalue weighted by atomic mass is 9.99. The van der Waals surface area contributed by atoms with Gasteiger partial charge in [0, 0.05) is 5.56 Å². The standard InChI is InChI=1S/C14H19NO3/c1-2-3-4-12(15)14(18)11-7-5-10(6-8-11)9-13(16)17/h5-8,12H,2-4,9,15H2,1H3,(H,16,17). The molecule has 0 saturated heterocycles. The molecule has 0 amide bonds. The first-order valence-electron chi connectivity index (χ1n) is 6.15. The maximum atomic E-state index is 11.9. The fourth-order valence-corrected chi connectivity index (χ4v) is 1.73. The van der Waals surface area contributed by atoms with Crippen LogP contribution in [0.15, 0.2) is 24.3 Å². The molecule has 1 aromatic carbocycles. The summed E-state index contributed by atoms with van der Waals surface area (Å²) in [6.45, 7) is 2.05. The zero-order valence-corrected chi connectivity index (χ0v) is 10.6. The third-order valence-corrected chi connectivity index (χ3v) is 2.80. The van der Waals surface area contributed by atoms with Crippen molar-refractivity contribution in [2.75, 3.05) is 0 Å². The lowest BCUT2D eigenvalue weighted by Gasteiger charge is -2.10. The number of benzene rings is 1. The van der Waals surface area contributed by atoms with Crippen LogP contribution in [0, 0.1) is 0 Å². The molecular formula is C14H19NO3. The predicted molar refractivity (Wildman–Crippen MR) is 69.6 cm³/mol. The number of aliphatic carboxylic acids is 1. The van der Waals surface area contributed by atoms with E-state index in [9.17, 15) is 9.59 Å². The lowest BCUT2D eigenvalue weighted by Crippen LogP contribution is -2.30. The second kappa shape index (κ2) is 6.91. The quantitative estimate of drug-likeness (QED) is 0.724. The predicted octanol–water partition coefficient (Wildman–Crippen LogP) is 2.01. The van der Waals surface area contributed by atoms with E-state index in [-0.39, 0.29) is 12.2 Å². The molecule has 0 fully saturated rings. The molecule has 1 atom stereocenters. The fourth-order valence-electron chi connectivity index (χ4n) is 1.73. The monoisotopic (exact) mass is 249 g/mol. The van der Waals surface area contributed by atoms with Gasteiger partial charge in [0.1, 0.15) is 0 Å². The van der Waals surface area contributed by atoms with E-state index in [2.05, 4.69) is 6.92 Å². The van der Waals surface area contributed by atoms with Crippen molar-refractivity contribution in [2.45, 2.75) is 38.6 Å². The molecule has 0 saturated carbocycles. The van der Waals surface area contributed by atoms with Gasteiger partial charge in [0.2, 0.25) is 0 Å². The molecule has 0 radical (unpaired) electrons. The molecule has 1 rings (SSSR count). The molecule has 3 N–H and O–H groups in total. The highest BCUT2D eigenvalue weighted by Crippen LogP contribution is 2.10. The van der Waals surface area contributed by atoms with E-state index in [1.165, 1.54) is 0 Å². The summed E-state index contributed by atoms with van der Waals surface area (Å²) in [4.78, 5) is 22.5. The molecule has 0 aliphatic heterocycles. The third kappa shape index (κ3) is 4.30. The zero-order valence-electron chi connectivity index (χ0n) is 10.6. The van der Waals surface area contributed by atoms with Gasteiger partial charge in [-0.3, -0.25) is 9.59 Å². The van der Waals surface area contributed by atoms with Crippen LogP contribution >= 0.6 is 0 Å². The molecule has 0 aliphatic rings. The van der Waals surface area contributed by atoms with Crippen LogP contribution in [-0.2, 0) is 11.2 Å². The van der Waals surface area contributed by atoms with Gasteiger partial charge in [-0.15, -0.1) is 0 Å². The van der Waals surface area contributed by atoms with Crippen LogP contribution < -0.4 is 5.73 Å². The Kier molecular flexibility index (Phi) is 5.52. The van der Waals surface area contributed by atoms with E-state index >= 15 is 0 Å². The number of hydrogen-bond acceptors (Lipinski definition) is 3. The minimum atomic E-state index is -0.881. The van der Waals surface area contributed by atoms with Crippen LogP contribution in [0.3, 0.4) is 0 Å². The van der Waals surface area contributed by atoms with Crippen molar-refractivity contribution in [3.63, 3.8) is 0 Å². The van der Waals surface area contributed by atoms with Crippen molar-refractivity contribution in [1.29, 1.82) is 0 Å². The number of rotatable bonds is 7. The summed E-state index contributed by atoms with van der Waals surface area (Å²) >= 11 is 0. The number of nitrogens with two attached hydrogens (primary N) is 1. The molecule has 4 heteroatoms. The summed E-state index contributed by atoms with van der Waals surface area (Å²) in [5, 5.41) is 8.64. The molecule has 1 unspecified atom stereocenters. The fraction of sp³-hybridized carbons (Fsp3) is 0.429. The third-order valence-electron chi connectivity index (χ3n) is 2.80. The topological polar surface area (TPSA) is 80.4 Å². The second-order valence-corrected chi connectivity index (χ2v) is 4.38. The zero-order chi connectivity index (χ0) is 13.5. The van der Waals surface area contributed by atoms with Crippen LogP contribution in [0.5, 0.6) is 0 Å². The Labute approximate surface area is 107 Å². The summed E-state index contributed by atoms with van der Waals surface area (Å²) < 4.78 is 0. The van der Waals surface area contributed by atoms with Crippen molar-refractivity contribution in [3.05, 3.63) is 35.4 Å². The number of carboxylic acids is 1. The van der Waals surface area contributed by atoms with E-state index in [4.69, 9.17) is 10.8 Å². The Hall–Kier alpha value is -1.68. The minimum Gasteiger partial charge on any atom is -0.481 e. The number of carboxylic acid groups (broad SMARTS) is 1. The summed E-state index contributed by atoms with van der Waals surface area (Å²) in [5.41, 5.74) is 7.04. The highest BCUT2D eigenvalue weighted by Gasteiger charge is 2.15. The van der Waals surface area contributed by atoms with Crippen molar-refractivity contribution in [3.8, 4) is 0 Å². The Balaban J connectivity index is 2.66. The number of unbranched alkanes of at least 4 members (excludes halogenated alkanes) is 1. The highest BCUT2D eigenvalue weighted by molar-refractivity contribution is 6.00. The number of ketones is 1. The Morgan fingerprint density at radius 1 is 1.28 bits per heavy atom. The number of carbonyl (C=O) groups excluding carboxylic acids is 1. The summed E-state index contributed by atoms with van der Waals surface area (Å²) in [5.74, 6) is -0.959. The van der Waals surface area contributed by atoms with Crippen molar-refractivity contribution < 1.29 is 14.7 Å². The van der Waals surface area contributed by atoms with Gasteiger partial charge in [-0.05, 0) is 12.0 Å². The summed E-state index contributed by atoms with van der Waals surface area (Å²) in [6.07, 6.45) is 2.60. The van der Waals surface area contributed by atoms with Gasteiger partial charge in [0.15, 0.2) is 5.78 Å². The molecule has 0 aliphatic carbocycles. The molecule has 0 heterocycles. The average Bonchev–Trinajstić information content (AvgIpc) is 2.35. The van der Waals surface area contributed by atoms with Gasteiger partial charge >= 0.3 is 5.97 Å². The molecule has 0 spiro atoms. The summed E-state index contributed by atoms with van der Waals surface area (Å²) in [6, 6.07) is 6.15. The van der Waals surface area contributed by atoms with E-state index < -0.39 is 12.0 Å². The first-order valence-corrected chi connectivity index (χ1v) is 6.15. The van der Waals surface area contributed by atoms with Gasteiger partial charge < -0.3 is 10.8 Å². The second-order valence-electron chi connectivity index (χ2n) is 4.38. The van der Waals surface area contributed by atoms with Crippen LogP contribution in [0.4, 0.5) is 0 Å². The Morgan fingerprint density at radius 2 is 1.89 bits per heavy atom. The van der Waals surface area contributed by atoms with Crippen LogP contribution in [0.1, 0.15) is 42.1 Å². The van der Waals surface area contributed by atoms with Gasteiger partial charge in [-0.25, -0.2) is 0 Å². The minimum absolute atomic E-state index is 0.0314. The number of carbonyl (C=O) groups is 2. The largest absolute Gasteiger partial charge is 0.481 e. The normalized spacial score (nSPS) is 12.1. The maximum absolute atomic E-state index is 11.9. The SMILES string of the molecule is CCCCC(N)C(=O)c1ccc(CC(=O)O)cc1. The van der Waals surface area contributed by atoms with Crippen LogP contribution in [-0.4, -0.2) is 22.9 Å². The summed E-state index contributed by atoms with van der Waals surface area (Å²) in [7, 11) is 0. The molecule has 1 aromatic rings. The first kappa shape index (κ1) is 14.4. The molecule has 4 nitrogen and oxygen atoms in total. The van der Waals surface area contributed by atoms with Gasteiger partial charge in [-0.1, -0.05) is 44.0 Å². The van der Waals surface area contributed by atoms with E-state index in [1.807, 2.05) is 0 Å². The smallest absolute Gasteiger partial charge is 0.307 e. The number of Topliss-reactive ketones (excluding diaryl/α,β-unsaturated/α-hetero) is 1. The molecule has 18 heavy (non-hydrogen) atoms. The van der Waals surface area contributed by atoms with Crippen LogP contribution in [0.25, 0.3) is 0 Å². The van der Waals surface area contributed by atoms with Gasteiger partial charge in [0.25, 0.3) is 0 Å². The van der Waals surface area contributed by atoms with Crippen molar-refractivity contribution in [2.24, 2.45) is 5.73 Å². The molecule has 98 valence electrons. The average molecular weight is 249 g/mol. The van der Waals surface area contributed by atoms with E-state index in [0.29, 0.717) is 17.5 Å². The van der Waals surface area contributed by atoms with Crippen molar-refractivity contribution >= 4 is 11.8 Å². The number of hydrogen-bond donors (Lipinski definition) is 2. The Bertz CT molecular complexity index is 412. The molecule has 0 bridgehead atoms. The van der Waals surface area contributed by atoms with Crippen LogP contribution in [0.2, 0.25) is 0 Å². The first-order chi connectivity index (χ1) is 8.54. The van der Waals surface area contributed by atoms with Gasteiger partial charge in [-0.2, -0.15) is 0 Å². The highest BCUT2D eigenvalue weighted by atomic mass is 16.4. The van der Waals surface area contributed by atoms with Gasteiger partial charge in [0.05, 0.1) is 12.5 Å². The van der Waals surface area contributed by atoms with Crippen molar-refractivity contribution in [1.82, 2.24) is 0 Å². The van der Waals surface area contributed by atoms with E-state index in [1.54, 1.807) is 24.3 Å². The lowest BCUT2D eigenvalue weighted by molar-refractivity contribution is -0.136. The van der Waals surface area contributed by atoms with E-state index in [0.717, 1.165) is 12.8 Å².